The van der Waals surface area contributed by atoms with E-state index in [9.17, 15) is 14.0 Å². The molecule has 1 amide bonds. The van der Waals surface area contributed by atoms with Gasteiger partial charge in [-0.1, -0.05) is 0 Å². The van der Waals surface area contributed by atoms with Crippen LogP contribution in [0.5, 0.6) is 0 Å². The van der Waals surface area contributed by atoms with Crippen LogP contribution < -0.4 is 5.32 Å². The van der Waals surface area contributed by atoms with Gasteiger partial charge in [0, 0.05) is 11.3 Å². The van der Waals surface area contributed by atoms with Crippen molar-refractivity contribution in [2.45, 2.75) is 6.92 Å². The maximum atomic E-state index is 13.4. The molecule has 0 aliphatic carbocycles. The van der Waals surface area contributed by atoms with Gasteiger partial charge in [0.2, 0.25) is 0 Å². The Hall–Kier alpha value is -3.48. The number of aromatic nitrogens is 2. The average Bonchev–Trinajstić information content (AvgIpc) is 3.14. The number of H-pyrrole nitrogens is 1. The molecule has 132 valence electrons. The highest BCUT2D eigenvalue weighted by Gasteiger charge is 2.13. The fraction of sp³-hybridized carbons (Fsp3) is 0.105. The zero-order chi connectivity index (χ0) is 18.7. The molecule has 0 atom stereocenters. The number of carbonyl (C=O) groups excluding carboxylic acids is 2. The van der Waals surface area contributed by atoms with Crippen molar-refractivity contribution in [1.82, 2.24) is 10.2 Å². The first-order chi connectivity index (χ1) is 12.5. The third-order valence-electron chi connectivity index (χ3n) is 3.84. The third-order valence-corrected chi connectivity index (χ3v) is 3.84. The van der Waals surface area contributed by atoms with Crippen molar-refractivity contribution in [2.24, 2.45) is 0 Å². The third kappa shape index (κ3) is 3.61. The fourth-order valence-electron chi connectivity index (χ4n) is 2.40. The number of benzene rings is 2. The second kappa shape index (κ2) is 7.18. The Bertz CT molecular complexity index is 964. The van der Waals surface area contributed by atoms with Gasteiger partial charge < -0.3 is 10.1 Å². The maximum absolute atomic E-state index is 13.4. The molecule has 0 bridgehead atoms. The molecule has 3 rings (SSSR count). The highest BCUT2D eigenvalue weighted by molar-refractivity contribution is 6.03. The second-order valence-corrected chi connectivity index (χ2v) is 5.65. The Morgan fingerprint density at radius 1 is 1.12 bits per heavy atom. The van der Waals surface area contributed by atoms with Gasteiger partial charge in [-0.3, -0.25) is 9.89 Å². The first-order valence-electron chi connectivity index (χ1n) is 7.79. The molecule has 0 saturated heterocycles. The summed E-state index contributed by atoms with van der Waals surface area (Å²) in [6.07, 6.45) is 0. The number of anilines is 1. The van der Waals surface area contributed by atoms with Crippen molar-refractivity contribution >= 4 is 17.6 Å². The Labute approximate surface area is 149 Å². The van der Waals surface area contributed by atoms with E-state index < -0.39 is 5.97 Å². The fourth-order valence-corrected chi connectivity index (χ4v) is 2.40. The van der Waals surface area contributed by atoms with Crippen molar-refractivity contribution in [3.05, 3.63) is 71.2 Å². The number of nitrogens with zero attached hydrogens (tertiary/aromatic N) is 1. The van der Waals surface area contributed by atoms with Crippen molar-refractivity contribution in [3.63, 3.8) is 0 Å². The molecule has 3 aromatic rings. The molecule has 2 aromatic carbocycles. The molecule has 0 aliphatic heterocycles. The van der Waals surface area contributed by atoms with E-state index in [1.54, 1.807) is 49.4 Å². The van der Waals surface area contributed by atoms with Gasteiger partial charge in [0.05, 0.1) is 18.4 Å². The van der Waals surface area contributed by atoms with Crippen LogP contribution in [0.3, 0.4) is 0 Å². The van der Waals surface area contributed by atoms with E-state index in [1.165, 1.54) is 13.2 Å². The lowest BCUT2D eigenvalue weighted by atomic mass is 10.1. The standard InChI is InChI=1S/C19H16FN3O3/c1-11-9-13(5-8-15(11)20)16-10-17(23-22-16)18(24)21-14-6-3-12(4-7-14)19(25)26-2/h3-10H,1-2H3,(H,21,24)(H,22,23). The summed E-state index contributed by atoms with van der Waals surface area (Å²) in [7, 11) is 1.30. The van der Waals surface area contributed by atoms with Crippen LogP contribution in [0.2, 0.25) is 0 Å². The number of esters is 1. The zero-order valence-electron chi connectivity index (χ0n) is 14.2. The van der Waals surface area contributed by atoms with E-state index in [1.807, 2.05) is 0 Å². The molecule has 6 nitrogen and oxygen atoms in total. The Balaban J connectivity index is 1.73. The van der Waals surface area contributed by atoms with Gasteiger partial charge in [-0.05, 0) is 61.0 Å². The number of hydrogen-bond donors (Lipinski definition) is 2. The number of ether oxygens (including phenoxy) is 1. The molecular weight excluding hydrogens is 337 g/mol. The SMILES string of the molecule is COC(=O)c1ccc(NC(=O)c2cc(-c3ccc(F)c(C)c3)n[nH]2)cc1. The number of amides is 1. The molecule has 7 heteroatoms. The van der Waals surface area contributed by atoms with E-state index >= 15 is 0 Å². The van der Waals surface area contributed by atoms with Crippen LogP contribution in [0.4, 0.5) is 10.1 Å². The van der Waals surface area contributed by atoms with Crippen LogP contribution in [0.25, 0.3) is 11.3 Å². The van der Waals surface area contributed by atoms with Gasteiger partial charge in [0.15, 0.2) is 0 Å². The number of hydrogen-bond acceptors (Lipinski definition) is 4. The van der Waals surface area contributed by atoms with Crippen LogP contribution >= 0.6 is 0 Å². The van der Waals surface area contributed by atoms with Gasteiger partial charge >= 0.3 is 5.97 Å². The predicted molar refractivity (Wildman–Crippen MR) is 94.5 cm³/mol. The number of nitrogens with one attached hydrogen (secondary N) is 2. The zero-order valence-corrected chi connectivity index (χ0v) is 14.2. The first kappa shape index (κ1) is 17.3. The highest BCUT2D eigenvalue weighted by Crippen LogP contribution is 2.21. The number of halogens is 1. The maximum Gasteiger partial charge on any atom is 0.337 e. The second-order valence-electron chi connectivity index (χ2n) is 5.65. The molecule has 0 aliphatic rings. The Morgan fingerprint density at radius 2 is 1.85 bits per heavy atom. The minimum Gasteiger partial charge on any atom is -0.465 e. The van der Waals surface area contributed by atoms with Crippen molar-refractivity contribution < 1.29 is 18.7 Å². The van der Waals surface area contributed by atoms with Crippen LogP contribution in [0, 0.1) is 12.7 Å². The minimum atomic E-state index is -0.448. The quantitative estimate of drug-likeness (QED) is 0.703. The van der Waals surface area contributed by atoms with Gasteiger partial charge in [0.25, 0.3) is 5.91 Å². The van der Waals surface area contributed by atoms with E-state index in [0.29, 0.717) is 28.1 Å². The molecule has 0 radical (unpaired) electrons. The topological polar surface area (TPSA) is 84.1 Å². The summed E-state index contributed by atoms with van der Waals surface area (Å²) >= 11 is 0. The molecule has 0 saturated carbocycles. The summed E-state index contributed by atoms with van der Waals surface area (Å²) in [6.45, 7) is 1.66. The number of rotatable bonds is 4. The van der Waals surface area contributed by atoms with E-state index in [0.717, 1.165) is 0 Å². The molecular formula is C19H16FN3O3. The van der Waals surface area contributed by atoms with Crippen molar-refractivity contribution in [2.75, 3.05) is 12.4 Å². The lowest BCUT2D eigenvalue weighted by Crippen LogP contribution is -2.12. The first-order valence-corrected chi connectivity index (χ1v) is 7.79. The predicted octanol–water partition coefficient (Wildman–Crippen LogP) is 3.56. The van der Waals surface area contributed by atoms with Crippen LogP contribution in [-0.4, -0.2) is 29.2 Å². The largest absolute Gasteiger partial charge is 0.465 e. The molecule has 0 fully saturated rings. The summed E-state index contributed by atoms with van der Waals surface area (Å²) < 4.78 is 18.0. The smallest absolute Gasteiger partial charge is 0.337 e. The monoisotopic (exact) mass is 353 g/mol. The van der Waals surface area contributed by atoms with Gasteiger partial charge in [-0.15, -0.1) is 0 Å². The van der Waals surface area contributed by atoms with Crippen LogP contribution in [0.15, 0.2) is 48.5 Å². The molecule has 0 spiro atoms. The van der Waals surface area contributed by atoms with Gasteiger partial charge in [-0.2, -0.15) is 5.10 Å². The number of carbonyl (C=O) groups is 2. The van der Waals surface area contributed by atoms with Gasteiger partial charge in [0.1, 0.15) is 11.5 Å². The van der Waals surface area contributed by atoms with Crippen molar-refractivity contribution in [3.8, 4) is 11.3 Å². The lowest BCUT2D eigenvalue weighted by Gasteiger charge is -2.04. The molecule has 26 heavy (non-hydrogen) atoms. The van der Waals surface area contributed by atoms with E-state index in [2.05, 4.69) is 20.3 Å². The summed E-state index contributed by atoms with van der Waals surface area (Å²) in [4.78, 5) is 23.7. The number of aromatic amines is 1. The van der Waals surface area contributed by atoms with Crippen LogP contribution in [0.1, 0.15) is 26.4 Å². The van der Waals surface area contributed by atoms with Crippen molar-refractivity contribution in [1.29, 1.82) is 0 Å². The average molecular weight is 353 g/mol. The summed E-state index contributed by atoms with van der Waals surface area (Å²) in [5.74, 6) is -1.12. The molecule has 0 unspecified atom stereocenters. The molecule has 2 N–H and O–H groups in total. The number of methoxy groups -OCH3 is 1. The Morgan fingerprint density at radius 3 is 2.50 bits per heavy atom. The normalized spacial score (nSPS) is 10.4. The number of aryl methyl sites for hydroxylation is 1. The van der Waals surface area contributed by atoms with Gasteiger partial charge in [-0.25, -0.2) is 9.18 Å². The summed E-state index contributed by atoms with van der Waals surface area (Å²) in [5, 5.41) is 9.47. The molecule has 1 aromatic heterocycles. The lowest BCUT2D eigenvalue weighted by molar-refractivity contribution is 0.0600. The van der Waals surface area contributed by atoms with Crippen LogP contribution in [-0.2, 0) is 4.74 Å². The highest BCUT2D eigenvalue weighted by atomic mass is 19.1. The summed E-state index contributed by atoms with van der Waals surface area (Å²) in [5.41, 5.74) is 2.93. The Kier molecular flexibility index (Phi) is 4.79. The van der Waals surface area contributed by atoms with E-state index in [4.69, 9.17) is 0 Å². The minimum absolute atomic E-state index is 0.263. The summed E-state index contributed by atoms with van der Waals surface area (Å²) in [6, 6.07) is 12.5. The molecule has 1 heterocycles. The van der Waals surface area contributed by atoms with E-state index in [-0.39, 0.29) is 17.4 Å².